The van der Waals surface area contributed by atoms with Crippen molar-refractivity contribution >= 4 is 5.97 Å². The number of hydrogen-bond acceptors (Lipinski definition) is 4. The molecule has 0 aromatic carbocycles. The van der Waals surface area contributed by atoms with Crippen LogP contribution in [-0.2, 0) is 9.53 Å². The van der Waals surface area contributed by atoms with Crippen molar-refractivity contribution in [2.45, 2.75) is 64.4 Å². The summed E-state index contributed by atoms with van der Waals surface area (Å²) in [6, 6.07) is 0. The summed E-state index contributed by atoms with van der Waals surface area (Å²) in [4.78, 5) is 11.3. The van der Waals surface area contributed by atoms with Gasteiger partial charge in [-0.2, -0.15) is 0 Å². The molecular weight excluding hydrogens is 268 g/mol. The number of carbonyl (C=O) groups excluding carboxylic acids is 1. The van der Waals surface area contributed by atoms with Gasteiger partial charge in [0, 0.05) is 6.42 Å². The zero-order chi connectivity index (χ0) is 15.8. The second-order valence-corrected chi connectivity index (χ2v) is 5.10. The highest BCUT2D eigenvalue weighted by Crippen LogP contribution is 2.08. The fourth-order valence-corrected chi connectivity index (χ4v) is 1.80. The van der Waals surface area contributed by atoms with Crippen molar-refractivity contribution in [2.75, 3.05) is 13.2 Å². The molecule has 1 atom stereocenters. The Balaban J connectivity index is 3.28. The maximum absolute atomic E-state index is 11.3. The Morgan fingerprint density at radius 1 is 1.10 bits per heavy atom. The highest BCUT2D eigenvalue weighted by atomic mass is 16.5. The van der Waals surface area contributed by atoms with E-state index < -0.39 is 6.10 Å². The summed E-state index contributed by atoms with van der Waals surface area (Å²) >= 11 is 0. The fraction of sp³-hybridized carbons (Fsp3) is 0.706. The normalized spacial score (nSPS) is 13.1. The molecule has 2 N–H and O–H groups in total. The third-order valence-corrected chi connectivity index (χ3v) is 3.07. The topological polar surface area (TPSA) is 66.8 Å². The van der Waals surface area contributed by atoms with Crippen molar-refractivity contribution in [3.05, 3.63) is 24.3 Å². The lowest BCUT2D eigenvalue weighted by molar-refractivity contribution is -0.147. The van der Waals surface area contributed by atoms with Gasteiger partial charge in [-0.25, -0.2) is 0 Å². The second-order valence-electron chi connectivity index (χ2n) is 5.10. The molecule has 0 bridgehead atoms. The van der Waals surface area contributed by atoms with Gasteiger partial charge in [-0.1, -0.05) is 43.6 Å². The largest absolute Gasteiger partial charge is 0.463 e. The van der Waals surface area contributed by atoms with Gasteiger partial charge in [0.05, 0.1) is 6.61 Å². The van der Waals surface area contributed by atoms with E-state index >= 15 is 0 Å². The molecule has 21 heavy (non-hydrogen) atoms. The Labute approximate surface area is 128 Å². The summed E-state index contributed by atoms with van der Waals surface area (Å²) in [5.41, 5.74) is 0. The van der Waals surface area contributed by atoms with Crippen molar-refractivity contribution < 1.29 is 19.7 Å². The lowest BCUT2D eigenvalue weighted by Crippen LogP contribution is -2.21. The molecule has 1 unspecified atom stereocenters. The van der Waals surface area contributed by atoms with Crippen LogP contribution in [0.2, 0.25) is 0 Å². The Bertz CT molecular complexity index is 297. The van der Waals surface area contributed by atoms with Crippen molar-refractivity contribution in [1.29, 1.82) is 0 Å². The number of aliphatic hydroxyl groups excluding tert-OH is 2. The van der Waals surface area contributed by atoms with Crippen LogP contribution in [-0.4, -0.2) is 35.5 Å². The first-order chi connectivity index (χ1) is 10.2. The maximum atomic E-state index is 11.3. The van der Waals surface area contributed by atoms with E-state index in [2.05, 4.69) is 24.3 Å². The SMILES string of the molecule is CC=CC/C=C\CCCCCCCC(=O)OCC(O)CO. The first-order valence-corrected chi connectivity index (χ1v) is 7.91. The van der Waals surface area contributed by atoms with Gasteiger partial charge in [-0.15, -0.1) is 0 Å². The lowest BCUT2D eigenvalue weighted by atomic mass is 10.1. The van der Waals surface area contributed by atoms with Crippen LogP contribution < -0.4 is 0 Å². The summed E-state index contributed by atoms with van der Waals surface area (Å²) in [5, 5.41) is 17.6. The minimum atomic E-state index is -0.963. The molecule has 0 spiro atoms. The summed E-state index contributed by atoms with van der Waals surface area (Å²) in [5.74, 6) is -0.297. The number of ether oxygens (including phenoxy) is 1. The van der Waals surface area contributed by atoms with E-state index in [9.17, 15) is 4.79 Å². The van der Waals surface area contributed by atoms with Crippen LogP contribution in [0.15, 0.2) is 24.3 Å². The molecule has 0 radical (unpaired) electrons. The number of hydrogen-bond donors (Lipinski definition) is 2. The molecule has 0 aliphatic carbocycles. The van der Waals surface area contributed by atoms with Crippen LogP contribution in [0.5, 0.6) is 0 Å². The van der Waals surface area contributed by atoms with Crippen molar-refractivity contribution in [1.82, 2.24) is 0 Å². The van der Waals surface area contributed by atoms with Gasteiger partial charge in [0.2, 0.25) is 0 Å². The maximum Gasteiger partial charge on any atom is 0.305 e. The molecule has 0 saturated carbocycles. The molecule has 0 saturated heterocycles. The standard InChI is InChI=1S/C17H30O4/c1-2-3-4-5-6-7-8-9-10-11-12-13-17(20)21-15-16(19)14-18/h2-3,5-6,16,18-19H,4,7-15H2,1H3/b3-2?,6-5-. The van der Waals surface area contributed by atoms with Gasteiger partial charge >= 0.3 is 5.97 Å². The molecule has 4 heteroatoms. The lowest BCUT2D eigenvalue weighted by Gasteiger charge is -2.08. The molecule has 4 nitrogen and oxygen atoms in total. The molecule has 0 rings (SSSR count). The third kappa shape index (κ3) is 15.1. The number of carbonyl (C=O) groups is 1. The minimum Gasteiger partial charge on any atom is -0.463 e. The van der Waals surface area contributed by atoms with E-state index in [1.807, 2.05) is 6.92 Å². The molecule has 0 fully saturated rings. The summed E-state index contributed by atoms with van der Waals surface area (Å²) in [6.07, 6.45) is 15.5. The Hall–Kier alpha value is -1.13. The van der Waals surface area contributed by atoms with Crippen LogP contribution in [0.3, 0.4) is 0 Å². The van der Waals surface area contributed by atoms with Gasteiger partial charge in [-0.05, 0) is 32.6 Å². The van der Waals surface area contributed by atoms with E-state index in [0.29, 0.717) is 6.42 Å². The van der Waals surface area contributed by atoms with Crippen LogP contribution in [0.1, 0.15) is 58.3 Å². The number of unbranched alkanes of at least 4 members (excludes halogenated alkanes) is 5. The molecule has 0 aromatic heterocycles. The van der Waals surface area contributed by atoms with Crippen LogP contribution in [0, 0.1) is 0 Å². The van der Waals surface area contributed by atoms with Gasteiger partial charge in [0.15, 0.2) is 0 Å². The predicted molar refractivity (Wildman–Crippen MR) is 84.9 cm³/mol. The van der Waals surface area contributed by atoms with Gasteiger partial charge in [0.25, 0.3) is 0 Å². The highest BCUT2D eigenvalue weighted by Gasteiger charge is 2.07. The predicted octanol–water partition coefficient (Wildman–Crippen LogP) is 3.14. The van der Waals surface area contributed by atoms with Gasteiger partial charge in [0.1, 0.15) is 12.7 Å². The van der Waals surface area contributed by atoms with E-state index in [4.69, 9.17) is 14.9 Å². The summed E-state index contributed by atoms with van der Waals surface area (Å²) < 4.78 is 4.82. The van der Waals surface area contributed by atoms with Gasteiger partial charge < -0.3 is 14.9 Å². The number of rotatable bonds is 13. The molecule has 0 aliphatic heterocycles. The fourth-order valence-electron chi connectivity index (χ4n) is 1.80. The van der Waals surface area contributed by atoms with E-state index in [1.165, 1.54) is 12.8 Å². The summed E-state index contributed by atoms with van der Waals surface area (Å²) in [7, 11) is 0. The first-order valence-electron chi connectivity index (χ1n) is 7.91. The number of esters is 1. The van der Waals surface area contributed by atoms with E-state index in [0.717, 1.165) is 32.1 Å². The van der Waals surface area contributed by atoms with Crippen molar-refractivity contribution in [3.63, 3.8) is 0 Å². The molecule has 0 heterocycles. The van der Waals surface area contributed by atoms with Crippen LogP contribution in [0.25, 0.3) is 0 Å². The van der Waals surface area contributed by atoms with Gasteiger partial charge in [-0.3, -0.25) is 4.79 Å². The zero-order valence-electron chi connectivity index (χ0n) is 13.2. The molecular formula is C17H30O4. The van der Waals surface area contributed by atoms with E-state index in [1.54, 1.807) is 0 Å². The average Bonchev–Trinajstić information content (AvgIpc) is 2.50. The highest BCUT2D eigenvalue weighted by molar-refractivity contribution is 5.69. The molecule has 0 aliphatic rings. The Kier molecular flexibility index (Phi) is 14.4. The van der Waals surface area contributed by atoms with E-state index in [-0.39, 0.29) is 19.2 Å². The number of allylic oxidation sites excluding steroid dienone is 4. The Morgan fingerprint density at radius 3 is 2.52 bits per heavy atom. The Morgan fingerprint density at radius 2 is 1.81 bits per heavy atom. The first kappa shape index (κ1) is 19.9. The summed E-state index contributed by atoms with van der Waals surface area (Å²) in [6.45, 7) is 1.53. The number of aliphatic hydroxyl groups is 2. The average molecular weight is 298 g/mol. The smallest absolute Gasteiger partial charge is 0.305 e. The molecule has 0 amide bonds. The monoisotopic (exact) mass is 298 g/mol. The van der Waals surface area contributed by atoms with Crippen molar-refractivity contribution in [2.24, 2.45) is 0 Å². The third-order valence-electron chi connectivity index (χ3n) is 3.07. The molecule has 122 valence electrons. The zero-order valence-corrected chi connectivity index (χ0v) is 13.2. The van der Waals surface area contributed by atoms with Crippen LogP contribution >= 0.6 is 0 Å². The molecule has 0 aromatic rings. The second kappa shape index (κ2) is 15.3. The van der Waals surface area contributed by atoms with Crippen molar-refractivity contribution in [3.8, 4) is 0 Å². The minimum absolute atomic E-state index is 0.116. The van der Waals surface area contributed by atoms with Crippen LogP contribution in [0.4, 0.5) is 0 Å². The quantitative estimate of drug-likeness (QED) is 0.311.